The molecule has 3 nitrogen and oxygen atoms in total. The van der Waals surface area contributed by atoms with E-state index in [0.29, 0.717) is 6.42 Å². The average molecular weight is 279 g/mol. The van der Waals surface area contributed by atoms with E-state index in [9.17, 15) is 9.90 Å². The quantitative estimate of drug-likeness (QED) is 0.899. The largest absolute Gasteiger partial charge is 0.394 e. The fourth-order valence-corrected chi connectivity index (χ4v) is 3.98. The van der Waals surface area contributed by atoms with Crippen molar-refractivity contribution in [2.45, 2.75) is 44.1 Å². The molecule has 1 N–H and O–H groups in total. The van der Waals surface area contributed by atoms with Crippen molar-refractivity contribution in [3.63, 3.8) is 0 Å². The van der Waals surface area contributed by atoms with Crippen LogP contribution >= 0.6 is 11.3 Å². The van der Waals surface area contributed by atoms with Crippen LogP contribution in [-0.2, 0) is 11.2 Å². The number of hydrogen-bond donors (Lipinski definition) is 1. The molecule has 104 valence electrons. The summed E-state index contributed by atoms with van der Waals surface area (Å²) in [4.78, 5) is 15.6. The fourth-order valence-electron chi connectivity index (χ4n) is 3.29. The Kier molecular flexibility index (Phi) is 3.63. The van der Waals surface area contributed by atoms with Gasteiger partial charge in [0.2, 0.25) is 5.91 Å². The van der Waals surface area contributed by atoms with Crippen molar-refractivity contribution in [3.8, 4) is 0 Å². The molecule has 1 aromatic rings. The molecule has 4 heteroatoms. The van der Waals surface area contributed by atoms with Gasteiger partial charge in [-0.2, -0.15) is 0 Å². The summed E-state index contributed by atoms with van der Waals surface area (Å²) in [5.74, 6) is 0.928. The third kappa shape index (κ3) is 2.70. The molecule has 0 aromatic carbocycles. The normalized spacial score (nSPS) is 26.9. The van der Waals surface area contributed by atoms with Gasteiger partial charge in [0.15, 0.2) is 0 Å². The third-order valence-electron chi connectivity index (χ3n) is 4.46. The predicted molar refractivity (Wildman–Crippen MR) is 76.1 cm³/mol. The predicted octanol–water partition coefficient (Wildman–Crippen LogP) is 2.44. The molecule has 1 saturated carbocycles. The van der Waals surface area contributed by atoms with Gasteiger partial charge in [-0.05, 0) is 36.6 Å². The fraction of sp³-hybridized carbons (Fsp3) is 0.667. The summed E-state index contributed by atoms with van der Waals surface area (Å²) in [5, 5.41) is 11.9. The van der Waals surface area contributed by atoms with Crippen molar-refractivity contribution in [2.75, 3.05) is 13.2 Å². The van der Waals surface area contributed by atoms with Gasteiger partial charge in [-0.3, -0.25) is 4.79 Å². The van der Waals surface area contributed by atoms with Crippen LogP contribution in [0.15, 0.2) is 17.5 Å². The highest BCUT2D eigenvalue weighted by atomic mass is 32.1. The van der Waals surface area contributed by atoms with Gasteiger partial charge in [0.1, 0.15) is 0 Å². The number of carbonyl (C=O) groups is 1. The Morgan fingerprint density at radius 3 is 3.00 bits per heavy atom. The number of aliphatic hydroxyl groups is 1. The standard InChI is InChI=1S/C15H21NO2S/c17-11-15(10-12-4-5-12)6-2-7-16(15)14(18)9-13-3-1-8-19-13/h1,3,8,12,17H,2,4-7,9-11H2/t15-/m0/s1. The zero-order chi connectivity index (χ0) is 13.3. The Morgan fingerprint density at radius 2 is 2.37 bits per heavy atom. The van der Waals surface area contributed by atoms with E-state index in [4.69, 9.17) is 0 Å². The molecule has 1 amide bonds. The summed E-state index contributed by atoms with van der Waals surface area (Å²) in [7, 11) is 0. The maximum absolute atomic E-state index is 12.5. The summed E-state index contributed by atoms with van der Waals surface area (Å²) in [5.41, 5.74) is -0.254. The van der Waals surface area contributed by atoms with Gasteiger partial charge in [0, 0.05) is 11.4 Å². The summed E-state index contributed by atoms with van der Waals surface area (Å²) >= 11 is 1.63. The number of aliphatic hydroxyl groups excluding tert-OH is 1. The molecule has 2 fully saturated rings. The van der Waals surface area contributed by atoms with Gasteiger partial charge in [-0.15, -0.1) is 11.3 Å². The van der Waals surface area contributed by atoms with E-state index in [-0.39, 0.29) is 18.1 Å². The summed E-state index contributed by atoms with van der Waals surface area (Å²) in [6.07, 6.45) is 6.03. The van der Waals surface area contributed by atoms with Crippen LogP contribution in [0, 0.1) is 5.92 Å². The second-order valence-corrected chi connectivity index (χ2v) is 6.97. The van der Waals surface area contributed by atoms with Crippen LogP contribution < -0.4 is 0 Å². The highest BCUT2D eigenvalue weighted by molar-refractivity contribution is 7.10. The molecule has 2 heterocycles. The third-order valence-corrected chi connectivity index (χ3v) is 5.34. The number of nitrogens with zero attached hydrogens (tertiary/aromatic N) is 1. The minimum Gasteiger partial charge on any atom is -0.394 e. The molecule has 1 aliphatic carbocycles. The van der Waals surface area contributed by atoms with E-state index in [1.54, 1.807) is 11.3 Å². The van der Waals surface area contributed by atoms with Crippen LogP contribution in [0.1, 0.15) is 37.0 Å². The molecule has 0 unspecified atom stereocenters. The van der Waals surface area contributed by atoms with E-state index in [1.807, 2.05) is 22.4 Å². The van der Waals surface area contributed by atoms with E-state index in [1.165, 1.54) is 12.8 Å². The minimum atomic E-state index is -0.254. The summed E-state index contributed by atoms with van der Waals surface area (Å²) in [6, 6.07) is 4.00. The Morgan fingerprint density at radius 1 is 1.53 bits per heavy atom. The van der Waals surface area contributed by atoms with Crippen molar-refractivity contribution < 1.29 is 9.90 Å². The van der Waals surface area contributed by atoms with Crippen molar-refractivity contribution in [1.82, 2.24) is 4.90 Å². The SMILES string of the molecule is O=C(Cc1cccs1)N1CCC[C@@]1(CO)CC1CC1. The molecule has 0 bridgehead atoms. The molecule has 1 aromatic heterocycles. The van der Waals surface area contributed by atoms with Gasteiger partial charge in [-0.25, -0.2) is 0 Å². The van der Waals surface area contributed by atoms with Gasteiger partial charge < -0.3 is 10.0 Å². The molecule has 19 heavy (non-hydrogen) atoms. The lowest BCUT2D eigenvalue weighted by Gasteiger charge is -2.37. The van der Waals surface area contributed by atoms with Crippen LogP contribution in [0.2, 0.25) is 0 Å². The molecule has 0 spiro atoms. The van der Waals surface area contributed by atoms with E-state index < -0.39 is 0 Å². The van der Waals surface area contributed by atoms with Crippen molar-refractivity contribution >= 4 is 17.2 Å². The Bertz CT molecular complexity index is 441. The molecule has 1 atom stereocenters. The van der Waals surface area contributed by atoms with E-state index >= 15 is 0 Å². The smallest absolute Gasteiger partial charge is 0.228 e. The number of likely N-dealkylation sites (tertiary alicyclic amines) is 1. The molecule has 0 radical (unpaired) electrons. The Hall–Kier alpha value is -0.870. The molecular weight excluding hydrogens is 258 g/mol. The van der Waals surface area contributed by atoms with E-state index in [2.05, 4.69) is 0 Å². The molecule has 1 aliphatic heterocycles. The van der Waals surface area contributed by atoms with Crippen LogP contribution in [-0.4, -0.2) is 34.6 Å². The second-order valence-electron chi connectivity index (χ2n) is 5.94. The maximum atomic E-state index is 12.5. The van der Waals surface area contributed by atoms with Gasteiger partial charge in [-0.1, -0.05) is 18.9 Å². The van der Waals surface area contributed by atoms with Gasteiger partial charge in [0.25, 0.3) is 0 Å². The first-order valence-corrected chi connectivity index (χ1v) is 8.05. The zero-order valence-corrected chi connectivity index (χ0v) is 12.0. The van der Waals surface area contributed by atoms with Gasteiger partial charge >= 0.3 is 0 Å². The first kappa shape index (κ1) is 13.1. The molecular formula is C15H21NO2S. The second kappa shape index (κ2) is 5.25. The maximum Gasteiger partial charge on any atom is 0.228 e. The summed E-state index contributed by atoms with van der Waals surface area (Å²) < 4.78 is 0. The summed E-state index contributed by atoms with van der Waals surface area (Å²) in [6.45, 7) is 0.942. The number of hydrogen-bond acceptors (Lipinski definition) is 3. The lowest BCUT2D eigenvalue weighted by atomic mass is 9.90. The first-order chi connectivity index (χ1) is 9.23. The number of amides is 1. The number of rotatable bonds is 5. The van der Waals surface area contributed by atoms with E-state index in [0.717, 1.165) is 36.6 Å². The Labute approximate surface area is 118 Å². The number of thiophene rings is 1. The highest BCUT2D eigenvalue weighted by Crippen LogP contribution is 2.43. The van der Waals surface area contributed by atoms with Crippen LogP contribution in [0.3, 0.4) is 0 Å². The molecule has 2 aliphatic rings. The van der Waals surface area contributed by atoms with Crippen molar-refractivity contribution in [3.05, 3.63) is 22.4 Å². The van der Waals surface area contributed by atoms with Gasteiger partial charge in [0.05, 0.1) is 18.6 Å². The lowest BCUT2D eigenvalue weighted by molar-refractivity contribution is -0.136. The minimum absolute atomic E-state index is 0.125. The lowest BCUT2D eigenvalue weighted by Crippen LogP contribution is -2.50. The topological polar surface area (TPSA) is 40.5 Å². The number of carbonyl (C=O) groups excluding carboxylic acids is 1. The van der Waals surface area contributed by atoms with Crippen LogP contribution in [0.5, 0.6) is 0 Å². The Balaban J connectivity index is 1.71. The first-order valence-electron chi connectivity index (χ1n) is 7.17. The van der Waals surface area contributed by atoms with Crippen molar-refractivity contribution in [2.24, 2.45) is 5.92 Å². The highest BCUT2D eigenvalue weighted by Gasteiger charge is 2.46. The van der Waals surface area contributed by atoms with Crippen LogP contribution in [0.4, 0.5) is 0 Å². The van der Waals surface area contributed by atoms with Crippen LogP contribution in [0.25, 0.3) is 0 Å². The average Bonchev–Trinajstić information content (AvgIpc) is 2.91. The molecule has 1 saturated heterocycles. The zero-order valence-electron chi connectivity index (χ0n) is 11.2. The van der Waals surface area contributed by atoms with Crippen molar-refractivity contribution in [1.29, 1.82) is 0 Å². The monoisotopic (exact) mass is 279 g/mol. The molecule has 3 rings (SSSR count).